The fraction of sp³-hybridized carbons (Fsp3) is 0.143. The van der Waals surface area contributed by atoms with Gasteiger partial charge in [-0.25, -0.2) is 8.78 Å². The molecule has 4 heteroatoms. The van der Waals surface area contributed by atoms with E-state index in [2.05, 4.69) is 0 Å². The summed E-state index contributed by atoms with van der Waals surface area (Å²) >= 11 is 12.1. The lowest BCUT2D eigenvalue weighted by Crippen LogP contribution is -1.99. The summed E-state index contributed by atoms with van der Waals surface area (Å²) in [4.78, 5) is 0. The highest BCUT2D eigenvalue weighted by Gasteiger charge is 2.15. The second-order valence-corrected chi connectivity index (χ2v) is 4.86. The van der Waals surface area contributed by atoms with Crippen LogP contribution < -0.4 is 0 Å². The molecular weight excluding hydrogens is 277 g/mol. The van der Waals surface area contributed by atoms with Gasteiger partial charge in [0, 0.05) is 5.02 Å². The lowest BCUT2D eigenvalue weighted by Gasteiger charge is -2.12. The fourth-order valence-electron chi connectivity index (χ4n) is 1.72. The van der Waals surface area contributed by atoms with Gasteiger partial charge in [0.15, 0.2) is 0 Å². The summed E-state index contributed by atoms with van der Waals surface area (Å²) in [5.74, 6) is -0.722. The van der Waals surface area contributed by atoms with E-state index >= 15 is 0 Å². The van der Waals surface area contributed by atoms with Crippen molar-refractivity contribution in [2.75, 3.05) is 0 Å². The van der Waals surface area contributed by atoms with E-state index in [1.807, 2.05) is 0 Å². The summed E-state index contributed by atoms with van der Waals surface area (Å²) in [5.41, 5.74) is 1.11. The van der Waals surface area contributed by atoms with Crippen molar-refractivity contribution in [1.29, 1.82) is 0 Å². The van der Waals surface area contributed by atoms with Crippen LogP contribution in [0.1, 0.15) is 16.5 Å². The van der Waals surface area contributed by atoms with Gasteiger partial charge in [0.25, 0.3) is 0 Å². The minimum Gasteiger partial charge on any atom is -0.207 e. The lowest BCUT2D eigenvalue weighted by atomic mass is 10.0. The molecule has 0 amide bonds. The number of halogens is 4. The molecule has 0 aromatic heterocycles. The standard InChI is InChI=1S/C14H10Cl2F2/c15-12(7-9-3-1-2-4-14(9)18)11-6-5-10(17)8-13(11)16/h1-6,8,12H,7H2. The molecule has 94 valence electrons. The van der Waals surface area contributed by atoms with Gasteiger partial charge in [-0.2, -0.15) is 0 Å². The molecule has 0 N–H and O–H groups in total. The summed E-state index contributed by atoms with van der Waals surface area (Å²) in [7, 11) is 0. The number of alkyl halides is 1. The highest BCUT2D eigenvalue weighted by molar-refractivity contribution is 6.32. The average molecular weight is 287 g/mol. The van der Waals surface area contributed by atoms with Gasteiger partial charge in [0.05, 0.1) is 5.38 Å². The molecule has 0 radical (unpaired) electrons. The van der Waals surface area contributed by atoms with Crippen LogP contribution in [0.4, 0.5) is 8.78 Å². The summed E-state index contributed by atoms with van der Waals surface area (Å²) < 4.78 is 26.4. The highest BCUT2D eigenvalue weighted by atomic mass is 35.5. The van der Waals surface area contributed by atoms with Crippen molar-refractivity contribution in [1.82, 2.24) is 0 Å². The number of hydrogen-bond acceptors (Lipinski definition) is 0. The van der Waals surface area contributed by atoms with E-state index in [1.165, 1.54) is 24.3 Å². The van der Waals surface area contributed by atoms with Gasteiger partial charge in [-0.1, -0.05) is 35.9 Å². The van der Waals surface area contributed by atoms with E-state index in [-0.39, 0.29) is 10.8 Å². The molecule has 1 atom stereocenters. The maximum Gasteiger partial charge on any atom is 0.126 e. The van der Waals surface area contributed by atoms with Crippen LogP contribution >= 0.6 is 23.2 Å². The molecule has 18 heavy (non-hydrogen) atoms. The van der Waals surface area contributed by atoms with Crippen LogP contribution in [0.25, 0.3) is 0 Å². The Kier molecular flexibility index (Phi) is 4.20. The Bertz CT molecular complexity index is 555. The monoisotopic (exact) mass is 286 g/mol. The van der Waals surface area contributed by atoms with Gasteiger partial charge in [0.1, 0.15) is 11.6 Å². The average Bonchev–Trinajstić information content (AvgIpc) is 2.32. The molecule has 2 rings (SSSR count). The quantitative estimate of drug-likeness (QED) is 0.685. The summed E-state index contributed by atoms with van der Waals surface area (Å²) in [6.07, 6.45) is 0.305. The van der Waals surface area contributed by atoms with E-state index in [0.717, 1.165) is 0 Å². The SMILES string of the molecule is Fc1ccc(C(Cl)Cc2ccccc2F)c(Cl)c1. The third-order valence-corrected chi connectivity index (χ3v) is 3.37. The first-order valence-electron chi connectivity index (χ1n) is 5.40. The maximum atomic E-state index is 13.5. The molecule has 0 fully saturated rings. The number of benzene rings is 2. The maximum absolute atomic E-state index is 13.5. The Balaban J connectivity index is 2.22. The second kappa shape index (κ2) is 5.68. The number of hydrogen-bond donors (Lipinski definition) is 0. The Hall–Kier alpha value is -1.12. The van der Waals surface area contributed by atoms with Crippen molar-refractivity contribution < 1.29 is 8.78 Å². The van der Waals surface area contributed by atoms with Crippen molar-refractivity contribution in [3.8, 4) is 0 Å². The molecule has 0 bridgehead atoms. The molecule has 0 nitrogen and oxygen atoms in total. The topological polar surface area (TPSA) is 0 Å². The van der Waals surface area contributed by atoms with Crippen LogP contribution in [0.3, 0.4) is 0 Å². The Morgan fingerprint density at radius 2 is 1.78 bits per heavy atom. The Morgan fingerprint density at radius 1 is 1.06 bits per heavy atom. The van der Waals surface area contributed by atoms with E-state index in [1.54, 1.807) is 18.2 Å². The molecule has 0 heterocycles. The van der Waals surface area contributed by atoms with E-state index in [0.29, 0.717) is 17.5 Å². The largest absolute Gasteiger partial charge is 0.207 e. The summed E-state index contributed by atoms with van der Waals surface area (Å²) in [5, 5.41) is -0.235. The molecular formula is C14H10Cl2F2. The van der Waals surface area contributed by atoms with Crippen molar-refractivity contribution in [3.05, 3.63) is 70.2 Å². The van der Waals surface area contributed by atoms with Crippen LogP contribution in [0.5, 0.6) is 0 Å². The minimum atomic E-state index is -0.491. The zero-order chi connectivity index (χ0) is 13.1. The molecule has 0 aliphatic carbocycles. The predicted molar refractivity (Wildman–Crippen MR) is 70.1 cm³/mol. The Morgan fingerprint density at radius 3 is 2.44 bits per heavy atom. The first kappa shape index (κ1) is 13.3. The van der Waals surface area contributed by atoms with Crippen LogP contribution in [0, 0.1) is 11.6 Å². The van der Waals surface area contributed by atoms with E-state index in [4.69, 9.17) is 23.2 Å². The molecule has 0 aliphatic heterocycles. The fourth-order valence-corrected chi connectivity index (χ4v) is 2.43. The molecule has 2 aromatic rings. The first-order chi connectivity index (χ1) is 8.58. The Labute approximate surface area is 114 Å². The van der Waals surface area contributed by atoms with E-state index < -0.39 is 11.2 Å². The minimum absolute atomic E-state index is 0.256. The molecule has 0 spiro atoms. The van der Waals surface area contributed by atoms with Crippen molar-refractivity contribution in [2.45, 2.75) is 11.8 Å². The van der Waals surface area contributed by atoms with Crippen molar-refractivity contribution in [2.24, 2.45) is 0 Å². The summed E-state index contributed by atoms with van der Waals surface area (Å²) in [6.45, 7) is 0. The van der Waals surface area contributed by atoms with Gasteiger partial charge >= 0.3 is 0 Å². The van der Waals surface area contributed by atoms with Crippen LogP contribution in [0.2, 0.25) is 5.02 Å². The predicted octanol–water partition coefficient (Wildman–Crippen LogP) is 5.14. The zero-order valence-corrected chi connectivity index (χ0v) is 10.8. The number of rotatable bonds is 3. The van der Waals surface area contributed by atoms with Crippen molar-refractivity contribution >= 4 is 23.2 Å². The molecule has 0 saturated carbocycles. The van der Waals surface area contributed by atoms with Crippen LogP contribution in [-0.4, -0.2) is 0 Å². The molecule has 0 aliphatic rings. The van der Waals surface area contributed by atoms with E-state index in [9.17, 15) is 8.78 Å². The highest BCUT2D eigenvalue weighted by Crippen LogP contribution is 2.31. The van der Waals surface area contributed by atoms with Gasteiger partial charge in [-0.05, 0) is 35.7 Å². The van der Waals surface area contributed by atoms with Gasteiger partial charge < -0.3 is 0 Å². The zero-order valence-electron chi connectivity index (χ0n) is 9.34. The molecule has 0 saturated heterocycles. The third-order valence-electron chi connectivity index (χ3n) is 2.66. The van der Waals surface area contributed by atoms with Gasteiger partial charge in [0.2, 0.25) is 0 Å². The van der Waals surface area contributed by atoms with Crippen LogP contribution in [-0.2, 0) is 6.42 Å². The first-order valence-corrected chi connectivity index (χ1v) is 6.22. The second-order valence-electron chi connectivity index (χ2n) is 3.93. The third kappa shape index (κ3) is 3.01. The molecule has 2 aromatic carbocycles. The lowest BCUT2D eigenvalue weighted by molar-refractivity contribution is 0.606. The van der Waals surface area contributed by atoms with Gasteiger partial charge in [-0.15, -0.1) is 11.6 Å². The van der Waals surface area contributed by atoms with Gasteiger partial charge in [-0.3, -0.25) is 0 Å². The normalized spacial score (nSPS) is 12.4. The summed E-state index contributed by atoms with van der Waals surface area (Å²) in [6, 6.07) is 10.4. The van der Waals surface area contributed by atoms with Crippen LogP contribution in [0.15, 0.2) is 42.5 Å². The smallest absolute Gasteiger partial charge is 0.126 e. The molecule has 1 unspecified atom stereocenters. The van der Waals surface area contributed by atoms with Crippen molar-refractivity contribution in [3.63, 3.8) is 0 Å².